The third kappa shape index (κ3) is 3.16. The molecule has 5 rings (SSSR count). The smallest absolute Gasteiger partial charge is 0.255 e. The van der Waals surface area contributed by atoms with Crippen molar-refractivity contribution in [2.24, 2.45) is 0 Å². The van der Waals surface area contributed by atoms with Gasteiger partial charge in [-0.1, -0.05) is 42.5 Å². The summed E-state index contributed by atoms with van der Waals surface area (Å²) < 4.78 is 12.6. The molecule has 6 heteroatoms. The number of nitrogens with one attached hydrogen (secondary N) is 1. The molecule has 0 spiro atoms. The van der Waals surface area contributed by atoms with Crippen LogP contribution >= 0.6 is 0 Å². The van der Waals surface area contributed by atoms with E-state index >= 15 is 0 Å². The molecule has 150 valence electrons. The quantitative estimate of drug-likeness (QED) is 0.541. The number of ether oxygens (including phenoxy) is 2. The molecular weight excluding hydrogens is 378 g/mol. The van der Waals surface area contributed by atoms with Gasteiger partial charge >= 0.3 is 0 Å². The first-order valence-electron chi connectivity index (χ1n) is 9.82. The maximum Gasteiger partial charge on any atom is 0.255 e. The van der Waals surface area contributed by atoms with Crippen molar-refractivity contribution in [3.8, 4) is 11.5 Å². The second kappa shape index (κ2) is 7.22. The van der Waals surface area contributed by atoms with Crippen LogP contribution in [0, 0.1) is 13.8 Å². The fraction of sp³-hybridized carbons (Fsp3) is 0.167. The highest BCUT2D eigenvalue weighted by atomic mass is 16.7. The topological polar surface area (TPSA) is 65.4 Å². The van der Waals surface area contributed by atoms with Gasteiger partial charge in [0.05, 0.1) is 23.6 Å². The summed E-state index contributed by atoms with van der Waals surface area (Å²) in [4.78, 5) is 12.8. The van der Waals surface area contributed by atoms with E-state index < -0.39 is 0 Å². The Kier molecular flexibility index (Phi) is 4.39. The number of benzene rings is 3. The number of carbonyl (C=O) groups is 1. The first-order chi connectivity index (χ1) is 14.6. The number of anilines is 1. The third-order valence-electron chi connectivity index (χ3n) is 5.45. The number of carbonyl (C=O) groups excluding carboxylic acids is 1. The van der Waals surface area contributed by atoms with Crippen molar-refractivity contribution in [2.45, 2.75) is 20.4 Å². The van der Waals surface area contributed by atoms with Crippen LogP contribution in [0.25, 0.3) is 10.8 Å². The molecule has 0 fully saturated rings. The standard InChI is InChI=1S/C24H21N3O3/c1-15-23(25-24(28)18-10-11-21-22(12-18)30-14-29-21)16(2)27(26-15)13-19-8-5-7-17-6-3-4-9-20(17)19/h3-12H,13-14H2,1-2H3,(H,25,28). The Hall–Kier alpha value is -3.80. The third-order valence-corrected chi connectivity index (χ3v) is 5.45. The number of aryl methyl sites for hydroxylation is 1. The SMILES string of the molecule is Cc1nn(Cc2cccc3ccccc23)c(C)c1NC(=O)c1ccc2c(c1)OCO2. The fourth-order valence-corrected chi connectivity index (χ4v) is 3.85. The minimum Gasteiger partial charge on any atom is -0.454 e. The van der Waals surface area contributed by atoms with E-state index in [4.69, 9.17) is 9.47 Å². The summed E-state index contributed by atoms with van der Waals surface area (Å²) in [5.41, 5.74) is 4.13. The molecule has 1 aromatic heterocycles. The van der Waals surface area contributed by atoms with Crippen molar-refractivity contribution < 1.29 is 14.3 Å². The summed E-state index contributed by atoms with van der Waals surface area (Å²) in [7, 11) is 0. The number of hydrogen-bond acceptors (Lipinski definition) is 4. The highest BCUT2D eigenvalue weighted by Gasteiger charge is 2.19. The number of hydrogen-bond donors (Lipinski definition) is 1. The summed E-state index contributed by atoms with van der Waals surface area (Å²) >= 11 is 0. The van der Waals surface area contributed by atoms with Gasteiger partial charge in [-0.3, -0.25) is 9.48 Å². The van der Waals surface area contributed by atoms with Crippen LogP contribution in [-0.2, 0) is 6.54 Å². The highest BCUT2D eigenvalue weighted by molar-refractivity contribution is 6.05. The first-order valence-corrected chi connectivity index (χ1v) is 9.82. The zero-order chi connectivity index (χ0) is 20.7. The van der Waals surface area contributed by atoms with Crippen LogP contribution in [0.4, 0.5) is 5.69 Å². The lowest BCUT2D eigenvalue weighted by molar-refractivity contribution is 0.102. The molecule has 4 aromatic rings. The van der Waals surface area contributed by atoms with E-state index in [-0.39, 0.29) is 12.7 Å². The van der Waals surface area contributed by atoms with Crippen LogP contribution in [0.15, 0.2) is 60.7 Å². The molecule has 30 heavy (non-hydrogen) atoms. The molecule has 0 unspecified atom stereocenters. The minimum atomic E-state index is -0.204. The zero-order valence-electron chi connectivity index (χ0n) is 16.8. The van der Waals surface area contributed by atoms with Crippen LogP contribution < -0.4 is 14.8 Å². The largest absolute Gasteiger partial charge is 0.454 e. The lowest BCUT2D eigenvalue weighted by Gasteiger charge is -2.10. The van der Waals surface area contributed by atoms with Gasteiger partial charge < -0.3 is 14.8 Å². The van der Waals surface area contributed by atoms with E-state index in [0.29, 0.717) is 23.6 Å². The van der Waals surface area contributed by atoms with Crippen molar-refractivity contribution in [3.05, 3.63) is 83.2 Å². The predicted molar refractivity (Wildman–Crippen MR) is 115 cm³/mol. The number of rotatable bonds is 4. The Morgan fingerprint density at radius 2 is 1.83 bits per heavy atom. The summed E-state index contributed by atoms with van der Waals surface area (Å²) in [6.45, 7) is 4.69. The van der Waals surface area contributed by atoms with E-state index in [1.54, 1.807) is 18.2 Å². The lowest BCUT2D eigenvalue weighted by atomic mass is 10.0. The van der Waals surface area contributed by atoms with Gasteiger partial charge in [-0.15, -0.1) is 0 Å². The van der Waals surface area contributed by atoms with Crippen LogP contribution in [-0.4, -0.2) is 22.5 Å². The minimum absolute atomic E-state index is 0.180. The molecule has 1 N–H and O–H groups in total. The number of nitrogens with zero attached hydrogens (tertiary/aromatic N) is 2. The average Bonchev–Trinajstić information content (AvgIpc) is 3.33. The molecule has 3 aromatic carbocycles. The Bertz CT molecular complexity index is 1270. The van der Waals surface area contributed by atoms with Crippen molar-refractivity contribution in [1.29, 1.82) is 0 Å². The van der Waals surface area contributed by atoms with Gasteiger partial charge in [0.1, 0.15) is 0 Å². The van der Waals surface area contributed by atoms with Gasteiger partial charge in [0.15, 0.2) is 11.5 Å². The van der Waals surface area contributed by atoms with Gasteiger partial charge in [-0.2, -0.15) is 5.10 Å². The first kappa shape index (κ1) is 18.2. The van der Waals surface area contributed by atoms with Crippen LogP contribution in [0.2, 0.25) is 0 Å². The Morgan fingerprint density at radius 1 is 1.03 bits per heavy atom. The number of aromatic nitrogens is 2. The van der Waals surface area contributed by atoms with E-state index in [2.05, 4.69) is 40.7 Å². The van der Waals surface area contributed by atoms with Crippen molar-refractivity contribution >= 4 is 22.4 Å². The molecule has 0 saturated heterocycles. The summed E-state index contributed by atoms with van der Waals surface area (Å²) in [6, 6.07) is 19.8. The Morgan fingerprint density at radius 3 is 2.73 bits per heavy atom. The summed E-state index contributed by atoms with van der Waals surface area (Å²) in [5, 5.41) is 10.1. The maximum atomic E-state index is 12.8. The number of amides is 1. The molecule has 0 aliphatic carbocycles. The maximum absolute atomic E-state index is 12.8. The van der Waals surface area contributed by atoms with Gasteiger partial charge in [0, 0.05) is 5.56 Å². The number of fused-ring (bicyclic) bond motifs is 2. The second-order valence-electron chi connectivity index (χ2n) is 7.36. The Balaban J connectivity index is 1.42. The second-order valence-corrected chi connectivity index (χ2v) is 7.36. The van der Waals surface area contributed by atoms with Crippen LogP contribution in [0.1, 0.15) is 27.3 Å². The van der Waals surface area contributed by atoms with Crippen molar-refractivity contribution in [3.63, 3.8) is 0 Å². The average molecular weight is 399 g/mol. The van der Waals surface area contributed by atoms with Crippen molar-refractivity contribution in [1.82, 2.24) is 9.78 Å². The van der Waals surface area contributed by atoms with E-state index in [9.17, 15) is 4.79 Å². The molecule has 1 aliphatic rings. The van der Waals surface area contributed by atoms with E-state index in [1.165, 1.54) is 16.3 Å². The molecule has 2 heterocycles. The van der Waals surface area contributed by atoms with Gasteiger partial charge in [0.25, 0.3) is 5.91 Å². The van der Waals surface area contributed by atoms with Crippen molar-refractivity contribution in [2.75, 3.05) is 12.1 Å². The summed E-state index contributed by atoms with van der Waals surface area (Å²) in [5.74, 6) is 1.04. The molecule has 1 aliphatic heterocycles. The van der Waals surface area contributed by atoms with Crippen LogP contribution in [0.5, 0.6) is 11.5 Å². The fourth-order valence-electron chi connectivity index (χ4n) is 3.85. The monoisotopic (exact) mass is 399 g/mol. The molecule has 6 nitrogen and oxygen atoms in total. The molecule has 0 bridgehead atoms. The molecule has 0 atom stereocenters. The molecule has 0 radical (unpaired) electrons. The van der Waals surface area contributed by atoms with Gasteiger partial charge in [0.2, 0.25) is 6.79 Å². The molecular formula is C24H21N3O3. The van der Waals surface area contributed by atoms with E-state index in [0.717, 1.165) is 17.1 Å². The van der Waals surface area contributed by atoms with Gasteiger partial charge in [-0.05, 0) is 48.4 Å². The molecule has 1 amide bonds. The van der Waals surface area contributed by atoms with Crippen LogP contribution in [0.3, 0.4) is 0 Å². The highest BCUT2D eigenvalue weighted by Crippen LogP contribution is 2.33. The molecule has 0 saturated carbocycles. The normalized spacial score (nSPS) is 12.3. The Labute approximate surface area is 174 Å². The van der Waals surface area contributed by atoms with E-state index in [1.807, 2.05) is 30.7 Å². The summed E-state index contributed by atoms with van der Waals surface area (Å²) in [6.07, 6.45) is 0. The lowest BCUT2D eigenvalue weighted by Crippen LogP contribution is -2.13. The predicted octanol–water partition coefficient (Wildman–Crippen LogP) is 4.68. The van der Waals surface area contributed by atoms with Gasteiger partial charge in [-0.25, -0.2) is 0 Å². The zero-order valence-corrected chi connectivity index (χ0v) is 16.8.